The van der Waals surface area contributed by atoms with E-state index in [1.54, 1.807) is 0 Å². The average Bonchev–Trinajstić information content (AvgIpc) is 3.29. The third kappa shape index (κ3) is 4.94. The number of benzene rings is 1. The highest BCUT2D eigenvalue weighted by atomic mass is 16.2. The summed E-state index contributed by atoms with van der Waals surface area (Å²) in [5.41, 5.74) is 3.15. The van der Waals surface area contributed by atoms with Gasteiger partial charge in [-0.3, -0.25) is 19.4 Å². The van der Waals surface area contributed by atoms with Gasteiger partial charge in [0.15, 0.2) is 0 Å². The number of aromatic nitrogens is 3. The first-order valence-corrected chi connectivity index (χ1v) is 12.2. The number of likely N-dealkylation sites (N-methyl/N-ethyl adjacent to an activating group) is 1. The van der Waals surface area contributed by atoms with Gasteiger partial charge in [0.05, 0.1) is 11.9 Å². The zero-order valence-electron chi connectivity index (χ0n) is 19.7. The number of carbonyl (C=O) groups is 1. The average molecular weight is 447 g/mol. The summed E-state index contributed by atoms with van der Waals surface area (Å²) in [4.78, 5) is 22.7. The van der Waals surface area contributed by atoms with E-state index in [0.717, 1.165) is 79.5 Å². The Morgan fingerprint density at radius 3 is 2.48 bits per heavy atom. The highest BCUT2D eigenvalue weighted by Crippen LogP contribution is 2.28. The maximum atomic E-state index is 13.2. The van der Waals surface area contributed by atoms with Gasteiger partial charge in [-0.2, -0.15) is 5.10 Å². The van der Waals surface area contributed by atoms with E-state index in [-0.39, 0.29) is 18.0 Å². The molecule has 1 aromatic carbocycles. The van der Waals surface area contributed by atoms with Gasteiger partial charge in [0.1, 0.15) is 6.17 Å². The Labute approximate surface area is 195 Å². The van der Waals surface area contributed by atoms with Crippen molar-refractivity contribution in [3.63, 3.8) is 0 Å². The molecule has 0 radical (unpaired) electrons. The van der Waals surface area contributed by atoms with E-state index in [4.69, 9.17) is 4.98 Å². The summed E-state index contributed by atoms with van der Waals surface area (Å²) in [5.74, 6) is 0.316. The van der Waals surface area contributed by atoms with Crippen molar-refractivity contribution in [1.29, 1.82) is 0 Å². The lowest BCUT2D eigenvalue weighted by molar-refractivity contribution is -0.128. The van der Waals surface area contributed by atoms with Gasteiger partial charge in [-0.15, -0.1) is 0 Å². The van der Waals surface area contributed by atoms with Gasteiger partial charge in [0, 0.05) is 62.5 Å². The third-order valence-electron chi connectivity index (χ3n) is 7.22. The van der Waals surface area contributed by atoms with E-state index in [2.05, 4.69) is 51.5 Å². The minimum Gasteiger partial charge on any atom is -0.335 e. The lowest BCUT2D eigenvalue weighted by atomic mass is 9.88. The zero-order chi connectivity index (χ0) is 22.8. The second kappa shape index (κ2) is 9.61. The summed E-state index contributed by atoms with van der Waals surface area (Å²) in [5, 5.41) is 9.93. The number of pyridine rings is 1. The lowest BCUT2D eigenvalue weighted by Gasteiger charge is -2.38. The smallest absolute Gasteiger partial charge is 0.224 e. The fourth-order valence-electron chi connectivity index (χ4n) is 5.11. The molecule has 1 atom stereocenters. The van der Waals surface area contributed by atoms with E-state index in [1.807, 2.05) is 30.3 Å². The molecule has 3 aromatic rings. The van der Waals surface area contributed by atoms with Crippen LogP contribution in [0, 0.1) is 5.92 Å². The first-order valence-electron chi connectivity index (χ1n) is 12.2. The van der Waals surface area contributed by atoms with Crippen LogP contribution >= 0.6 is 0 Å². The van der Waals surface area contributed by atoms with Crippen molar-refractivity contribution in [1.82, 2.24) is 29.9 Å². The van der Waals surface area contributed by atoms with Crippen LogP contribution in [0.3, 0.4) is 0 Å². The molecule has 2 aromatic heterocycles. The molecule has 1 amide bonds. The Balaban J connectivity index is 1.46. The Bertz CT molecular complexity index is 1110. The molecule has 1 unspecified atom stereocenters. The summed E-state index contributed by atoms with van der Waals surface area (Å²) in [6.07, 6.45) is 11.2. The van der Waals surface area contributed by atoms with Gasteiger partial charge in [0.2, 0.25) is 5.91 Å². The van der Waals surface area contributed by atoms with Gasteiger partial charge in [-0.25, -0.2) is 0 Å². The summed E-state index contributed by atoms with van der Waals surface area (Å²) in [7, 11) is 4.09. The molecule has 0 bridgehead atoms. The van der Waals surface area contributed by atoms with Crippen LogP contribution in [0.2, 0.25) is 0 Å². The summed E-state index contributed by atoms with van der Waals surface area (Å²) >= 11 is 0. The molecular weight excluding hydrogens is 412 g/mol. The van der Waals surface area contributed by atoms with E-state index in [9.17, 15) is 4.79 Å². The van der Waals surface area contributed by atoms with Gasteiger partial charge in [0.25, 0.3) is 0 Å². The Hall–Kier alpha value is -2.77. The molecule has 7 nitrogen and oxygen atoms in total. The Morgan fingerprint density at radius 2 is 1.76 bits per heavy atom. The Kier molecular flexibility index (Phi) is 6.42. The molecule has 5 rings (SSSR count). The van der Waals surface area contributed by atoms with Crippen LogP contribution in [-0.4, -0.2) is 63.7 Å². The van der Waals surface area contributed by atoms with Crippen molar-refractivity contribution in [3.8, 4) is 11.1 Å². The van der Waals surface area contributed by atoms with Crippen molar-refractivity contribution >= 4 is 16.7 Å². The highest BCUT2D eigenvalue weighted by molar-refractivity contribution is 5.87. The van der Waals surface area contributed by atoms with Crippen LogP contribution in [0.4, 0.5) is 0 Å². The van der Waals surface area contributed by atoms with E-state index >= 15 is 0 Å². The molecule has 7 heteroatoms. The number of hydrogen-bond acceptors (Lipinski definition) is 5. The number of amides is 1. The van der Waals surface area contributed by atoms with Gasteiger partial charge in [-0.1, -0.05) is 31.4 Å². The van der Waals surface area contributed by atoms with Crippen LogP contribution in [0.25, 0.3) is 21.9 Å². The van der Waals surface area contributed by atoms with Gasteiger partial charge in [-0.05, 0) is 43.0 Å². The zero-order valence-corrected chi connectivity index (χ0v) is 19.7. The van der Waals surface area contributed by atoms with Crippen LogP contribution in [-0.2, 0) is 11.8 Å². The number of carbonyl (C=O) groups excluding carboxylic acids is 1. The third-order valence-corrected chi connectivity index (χ3v) is 7.22. The maximum Gasteiger partial charge on any atom is 0.224 e. The van der Waals surface area contributed by atoms with E-state index in [1.165, 1.54) is 6.42 Å². The van der Waals surface area contributed by atoms with Crippen molar-refractivity contribution in [2.75, 3.05) is 33.2 Å². The van der Waals surface area contributed by atoms with E-state index in [0.29, 0.717) is 0 Å². The van der Waals surface area contributed by atoms with Crippen molar-refractivity contribution < 1.29 is 4.79 Å². The maximum absolute atomic E-state index is 13.2. The molecule has 2 aliphatic rings. The van der Waals surface area contributed by atoms with Crippen molar-refractivity contribution in [2.45, 2.75) is 38.3 Å². The standard InChI is InChI=1S/C26H34N6O/c1-30-10-12-32(13-11-30)25(29-26(33)19-6-4-3-5-7-19)24-15-22-14-20(8-9-21(22)16-27-24)23-17-28-31(2)18-23/h8-9,14-19,25H,3-7,10-13H2,1-2H3,(H,29,33). The summed E-state index contributed by atoms with van der Waals surface area (Å²) < 4.78 is 1.82. The molecule has 174 valence electrons. The molecule has 0 spiro atoms. The molecular formula is C26H34N6O. The fourth-order valence-corrected chi connectivity index (χ4v) is 5.11. The predicted octanol–water partition coefficient (Wildman–Crippen LogP) is 3.58. The second-order valence-electron chi connectivity index (χ2n) is 9.66. The number of hydrogen-bond donors (Lipinski definition) is 1. The minimum absolute atomic E-state index is 0.131. The number of rotatable bonds is 5. The van der Waals surface area contributed by atoms with Gasteiger partial charge >= 0.3 is 0 Å². The molecule has 1 aliphatic heterocycles. The predicted molar refractivity (Wildman–Crippen MR) is 130 cm³/mol. The highest BCUT2D eigenvalue weighted by Gasteiger charge is 2.29. The lowest BCUT2D eigenvalue weighted by Crippen LogP contribution is -2.51. The summed E-state index contributed by atoms with van der Waals surface area (Å²) in [6.45, 7) is 3.83. The molecule has 1 aliphatic carbocycles. The first kappa shape index (κ1) is 22.0. The Morgan fingerprint density at radius 1 is 0.970 bits per heavy atom. The minimum atomic E-state index is -0.195. The van der Waals surface area contributed by atoms with Crippen LogP contribution in [0.5, 0.6) is 0 Å². The molecule has 2 fully saturated rings. The quantitative estimate of drug-likeness (QED) is 0.649. The summed E-state index contributed by atoms with van der Waals surface area (Å²) in [6, 6.07) is 8.57. The van der Waals surface area contributed by atoms with Crippen LogP contribution in [0.15, 0.2) is 42.9 Å². The SMILES string of the molecule is CN1CCN(C(NC(=O)C2CCCCC2)c2cc3cc(-c4cnn(C)c4)ccc3cn2)CC1. The van der Waals surface area contributed by atoms with E-state index < -0.39 is 0 Å². The number of aryl methyl sites for hydroxylation is 1. The van der Waals surface area contributed by atoms with Crippen LogP contribution < -0.4 is 5.32 Å². The topological polar surface area (TPSA) is 66.3 Å². The number of piperazine rings is 1. The number of fused-ring (bicyclic) bond motifs is 1. The largest absolute Gasteiger partial charge is 0.335 e. The molecule has 1 N–H and O–H groups in total. The van der Waals surface area contributed by atoms with Crippen LogP contribution in [0.1, 0.15) is 44.0 Å². The normalized spacial score (nSPS) is 19.6. The molecule has 3 heterocycles. The monoisotopic (exact) mass is 446 g/mol. The van der Waals surface area contributed by atoms with Crippen molar-refractivity contribution in [3.05, 3.63) is 48.5 Å². The number of nitrogens with one attached hydrogen (secondary N) is 1. The fraction of sp³-hybridized carbons (Fsp3) is 0.500. The first-order chi connectivity index (χ1) is 16.1. The molecule has 33 heavy (non-hydrogen) atoms. The molecule has 1 saturated carbocycles. The molecule has 1 saturated heterocycles. The second-order valence-corrected chi connectivity index (χ2v) is 9.66. The van der Waals surface area contributed by atoms with Crippen molar-refractivity contribution in [2.24, 2.45) is 13.0 Å². The number of nitrogens with zero attached hydrogens (tertiary/aromatic N) is 5. The van der Waals surface area contributed by atoms with Gasteiger partial charge < -0.3 is 10.2 Å².